The summed E-state index contributed by atoms with van der Waals surface area (Å²) in [7, 11) is 1.51. The van der Waals surface area contributed by atoms with Crippen LogP contribution in [-0.2, 0) is 9.53 Å². The Morgan fingerprint density at radius 2 is 1.82 bits per heavy atom. The smallest absolute Gasteiger partial charge is 0.337 e. The van der Waals surface area contributed by atoms with Gasteiger partial charge in [0.1, 0.15) is 0 Å². The van der Waals surface area contributed by atoms with Crippen LogP contribution in [0.1, 0.15) is 20.8 Å². The van der Waals surface area contributed by atoms with Gasteiger partial charge in [0.2, 0.25) is 0 Å². The molecule has 17 heavy (non-hydrogen) atoms. The van der Waals surface area contributed by atoms with Gasteiger partial charge in [0, 0.05) is 7.11 Å². The Bertz CT molecular complexity index is 288. The molecule has 0 spiro atoms. The molecular weight excluding hydrogens is 228 g/mol. The fraction of sp³-hybridized carbons (Fsp3) is 0.800. The van der Waals surface area contributed by atoms with Crippen molar-refractivity contribution in [3.63, 3.8) is 0 Å². The molecule has 0 saturated carbocycles. The van der Waals surface area contributed by atoms with E-state index in [0.29, 0.717) is 6.61 Å². The molecule has 2 amide bonds. The molecule has 0 bridgehead atoms. The summed E-state index contributed by atoms with van der Waals surface area (Å²) in [6.07, 6.45) is 0. The van der Waals surface area contributed by atoms with E-state index in [-0.39, 0.29) is 6.54 Å². The number of aliphatic hydroxyl groups is 1. The van der Waals surface area contributed by atoms with Crippen LogP contribution >= 0.6 is 0 Å². The monoisotopic (exact) mass is 248 g/mol. The van der Waals surface area contributed by atoms with Crippen LogP contribution in [0.2, 0.25) is 0 Å². The highest BCUT2D eigenvalue weighted by Gasteiger charge is 2.31. The van der Waals surface area contributed by atoms with Crippen molar-refractivity contribution < 1.29 is 24.5 Å². The molecule has 0 aromatic carbocycles. The number of nitrogens with one attached hydrogen (secondary N) is 2. The average molecular weight is 248 g/mol. The van der Waals surface area contributed by atoms with Crippen molar-refractivity contribution in [2.24, 2.45) is 0 Å². The zero-order valence-electron chi connectivity index (χ0n) is 10.5. The lowest BCUT2D eigenvalue weighted by atomic mass is 10.1. The van der Waals surface area contributed by atoms with E-state index in [2.05, 4.69) is 10.6 Å². The number of carboxylic acids is 1. The van der Waals surface area contributed by atoms with Gasteiger partial charge in [-0.15, -0.1) is 0 Å². The summed E-state index contributed by atoms with van der Waals surface area (Å²) in [5, 5.41) is 22.9. The second kappa shape index (κ2) is 5.83. The van der Waals surface area contributed by atoms with Gasteiger partial charge in [0.15, 0.2) is 5.60 Å². The van der Waals surface area contributed by atoms with Crippen molar-refractivity contribution in [3.05, 3.63) is 0 Å². The second-order valence-corrected chi connectivity index (χ2v) is 4.70. The number of amides is 2. The minimum Gasteiger partial charge on any atom is -0.479 e. The van der Waals surface area contributed by atoms with Crippen molar-refractivity contribution in [1.29, 1.82) is 0 Å². The topological polar surface area (TPSA) is 108 Å². The van der Waals surface area contributed by atoms with Crippen molar-refractivity contribution in [1.82, 2.24) is 10.6 Å². The molecule has 0 aliphatic rings. The molecule has 0 saturated heterocycles. The number of urea groups is 1. The number of hydrogen-bond acceptors (Lipinski definition) is 4. The predicted octanol–water partition coefficient (Wildman–Crippen LogP) is -0.454. The van der Waals surface area contributed by atoms with Crippen LogP contribution in [0.25, 0.3) is 0 Å². The Morgan fingerprint density at radius 3 is 2.24 bits per heavy atom. The summed E-state index contributed by atoms with van der Waals surface area (Å²) in [5.74, 6) is -1.39. The third-order valence-electron chi connectivity index (χ3n) is 2.01. The first-order valence-corrected chi connectivity index (χ1v) is 5.11. The summed E-state index contributed by atoms with van der Waals surface area (Å²) >= 11 is 0. The van der Waals surface area contributed by atoms with Gasteiger partial charge in [-0.05, 0) is 20.8 Å². The number of methoxy groups -OCH3 is 1. The maximum Gasteiger partial charge on any atom is 0.337 e. The third-order valence-corrected chi connectivity index (χ3v) is 2.01. The highest BCUT2D eigenvalue weighted by atomic mass is 16.5. The van der Waals surface area contributed by atoms with E-state index < -0.39 is 23.1 Å². The lowest BCUT2D eigenvalue weighted by molar-refractivity contribution is -0.155. The van der Waals surface area contributed by atoms with E-state index in [4.69, 9.17) is 9.84 Å². The lowest BCUT2D eigenvalue weighted by Gasteiger charge is -2.26. The van der Waals surface area contributed by atoms with Gasteiger partial charge in [0.25, 0.3) is 0 Å². The van der Waals surface area contributed by atoms with Crippen molar-refractivity contribution in [3.8, 4) is 0 Å². The highest BCUT2D eigenvalue weighted by molar-refractivity contribution is 5.79. The molecule has 4 N–H and O–H groups in total. The standard InChI is InChI=1S/C10H20N2O5/c1-9(2,6-17-4)12-8(15)11-5-10(3,16)7(13)14/h16H,5-6H2,1-4H3,(H,13,14)(H2,11,12,15). The minimum atomic E-state index is -1.98. The molecule has 1 atom stereocenters. The molecule has 0 aromatic heterocycles. The lowest BCUT2D eigenvalue weighted by Crippen LogP contribution is -2.54. The van der Waals surface area contributed by atoms with Gasteiger partial charge < -0.3 is 25.6 Å². The van der Waals surface area contributed by atoms with Crippen molar-refractivity contribution in [2.75, 3.05) is 20.3 Å². The molecular formula is C10H20N2O5. The molecule has 0 aliphatic carbocycles. The van der Waals surface area contributed by atoms with Crippen LogP contribution in [-0.4, -0.2) is 53.6 Å². The minimum absolute atomic E-state index is 0.315. The third kappa shape index (κ3) is 6.08. The molecule has 0 aromatic rings. The number of ether oxygens (including phenoxy) is 1. The Labute approximate surface area is 100 Å². The van der Waals surface area contributed by atoms with E-state index in [1.165, 1.54) is 7.11 Å². The Hall–Kier alpha value is -1.34. The molecule has 0 heterocycles. The zero-order chi connectivity index (χ0) is 13.7. The van der Waals surface area contributed by atoms with Crippen molar-refractivity contribution in [2.45, 2.75) is 31.9 Å². The zero-order valence-corrected chi connectivity index (χ0v) is 10.5. The summed E-state index contributed by atoms with van der Waals surface area (Å²) in [6.45, 7) is 4.56. The average Bonchev–Trinajstić information content (AvgIpc) is 2.13. The summed E-state index contributed by atoms with van der Waals surface area (Å²) in [6, 6.07) is -0.562. The Morgan fingerprint density at radius 1 is 1.29 bits per heavy atom. The molecule has 100 valence electrons. The molecule has 7 nitrogen and oxygen atoms in total. The van der Waals surface area contributed by atoms with Gasteiger partial charge >= 0.3 is 12.0 Å². The maximum atomic E-state index is 11.4. The second-order valence-electron chi connectivity index (χ2n) is 4.70. The van der Waals surface area contributed by atoms with E-state index in [1.807, 2.05) is 0 Å². The van der Waals surface area contributed by atoms with Gasteiger partial charge in [-0.1, -0.05) is 0 Å². The molecule has 0 rings (SSSR count). The summed E-state index contributed by atoms with van der Waals surface area (Å²) in [4.78, 5) is 22.0. The van der Waals surface area contributed by atoms with Gasteiger partial charge in [-0.25, -0.2) is 9.59 Å². The molecule has 0 fully saturated rings. The number of aliphatic carboxylic acids is 1. The van der Waals surface area contributed by atoms with Crippen LogP contribution in [0.3, 0.4) is 0 Å². The van der Waals surface area contributed by atoms with Crippen LogP contribution in [0.15, 0.2) is 0 Å². The van der Waals surface area contributed by atoms with Gasteiger partial charge in [-0.2, -0.15) is 0 Å². The maximum absolute atomic E-state index is 11.4. The summed E-state index contributed by atoms with van der Waals surface area (Å²) < 4.78 is 4.91. The molecule has 0 radical (unpaired) electrons. The van der Waals surface area contributed by atoms with E-state index in [1.54, 1.807) is 13.8 Å². The molecule has 7 heteroatoms. The first kappa shape index (κ1) is 15.7. The van der Waals surface area contributed by atoms with Crippen LogP contribution in [0.4, 0.5) is 4.79 Å². The quantitative estimate of drug-likeness (QED) is 0.509. The largest absolute Gasteiger partial charge is 0.479 e. The number of carboxylic acid groups (broad SMARTS) is 1. The van der Waals surface area contributed by atoms with E-state index >= 15 is 0 Å². The van der Waals surface area contributed by atoms with Crippen LogP contribution in [0, 0.1) is 0 Å². The molecule has 0 aliphatic heterocycles. The predicted molar refractivity (Wildman–Crippen MR) is 60.7 cm³/mol. The van der Waals surface area contributed by atoms with Crippen molar-refractivity contribution >= 4 is 12.0 Å². The number of carbonyl (C=O) groups excluding carboxylic acids is 1. The van der Waals surface area contributed by atoms with Crippen LogP contribution in [0.5, 0.6) is 0 Å². The Kier molecular flexibility index (Phi) is 5.37. The number of carbonyl (C=O) groups is 2. The first-order chi connectivity index (χ1) is 7.60. The summed E-state index contributed by atoms with van der Waals surface area (Å²) in [5.41, 5.74) is -2.56. The fourth-order valence-electron chi connectivity index (χ4n) is 1.08. The normalized spacial score (nSPS) is 14.9. The van der Waals surface area contributed by atoms with Crippen LogP contribution < -0.4 is 10.6 Å². The van der Waals surface area contributed by atoms with E-state index in [0.717, 1.165) is 6.92 Å². The fourth-order valence-corrected chi connectivity index (χ4v) is 1.08. The molecule has 1 unspecified atom stereocenters. The highest BCUT2D eigenvalue weighted by Crippen LogP contribution is 2.03. The van der Waals surface area contributed by atoms with Gasteiger partial charge in [0.05, 0.1) is 18.7 Å². The van der Waals surface area contributed by atoms with E-state index in [9.17, 15) is 14.7 Å². The number of rotatable bonds is 6. The first-order valence-electron chi connectivity index (χ1n) is 5.11. The number of hydrogen-bond donors (Lipinski definition) is 4. The SMILES string of the molecule is COCC(C)(C)NC(=O)NCC(C)(O)C(=O)O. The van der Waals surface area contributed by atoms with Gasteiger partial charge in [-0.3, -0.25) is 0 Å². The Balaban J connectivity index is 4.17.